The molecule has 0 unspecified atom stereocenters. The van der Waals surface area contributed by atoms with E-state index in [4.69, 9.17) is 0 Å². The molecule has 0 heterocycles. The molecular weight excluding hydrogens is 340 g/mol. The molecule has 0 aromatic heterocycles. The summed E-state index contributed by atoms with van der Waals surface area (Å²) < 4.78 is 0.332. The average molecular weight is 351 g/mol. The van der Waals surface area contributed by atoms with E-state index in [-0.39, 0.29) is 0 Å². The Morgan fingerprint density at radius 3 is 2.47 bits per heavy atom. The van der Waals surface area contributed by atoms with E-state index >= 15 is 0 Å². The molecule has 3 rings (SSSR count). The number of halogens is 2. The van der Waals surface area contributed by atoms with Crippen molar-refractivity contribution in [3.63, 3.8) is 0 Å². The molecule has 0 amide bonds. The van der Waals surface area contributed by atoms with Gasteiger partial charge in [-0.25, -0.2) is 0 Å². The van der Waals surface area contributed by atoms with Crippen molar-refractivity contribution in [3.8, 4) is 11.1 Å². The monoisotopic (exact) mass is 349 g/mol. The molecule has 0 nitrogen and oxygen atoms in total. The third kappa shape index (κ3) is 2.09. The topological polar surface area (TPSA) is 0 Å². The second-order valence-electron chi connectivity index (χ2n) is 4.21. The molecule has 0 fully saturated rings. The summed E-state index contributed by atoms with van der Waals surface area (Å²) in [5.74, 6) is 0. The second kappa shape index (κ2) is 4.58. The first-order valence-electron chi connectivity index (χ1n) is 5.60. The lowest BCUT2D eigenvalue weighted by molar-refractivity contribution is 1.12. The molecule has 2 aromatic carbocycles. The van der Waals surface area contributed by atoms with Crippen LogP contribution in [0.25, 0.3) is 11.1 Å². The van der Waals surface area contributed by atoms with Gasteiger partial charge in [0, 0.05) is 6.42 Å². The van der Waals surface area contributed by atoms with E-state index in [1.54, 1.807) is 0 Å². The lowest BCUT2D eigenvalue weighted by Gasteiger charge is -2.08. The van der Waals surface area contributed by atoms with Crippen LogP contribution in [0.4, 0.5) is 0 Å². The van der Waals surface area contributed by atoms with Gasteiger partial charge in [0.15, 0.2) is 0 Å². The van der Waals surface area contributed by atoms with E-state index in [1.807, 2.05) is 0 Å². The maximum atomic E-state index is 3.56. The lowest BCUT2D eigenvalue weighted by Crippen LogP contribution is -1.97. The minimum atomic E-state index is 0.332. The first-order valence-corrected chi connectivity index (χ1v) is 7.43. The zero-order valence-electron chi connectivity index (χ0n) is 9.16. The molecule has 17 heavy (non-hydrogen) atoms. The van der Waals surface area contributed by atoms with Crippen molar-refractivity contribution in [2.45, 2.75) is 10.2 Å². The summed E-state index contributed by atoms with van der Waals surface area (Å²) in [5, 5.41) is 0. The molecule has 2 aromatic rings. The molecule has 0 saturated heterocycles. The van der Waals surface area contributed by atoms with Gasteiger partial charge in [-0.15, -0.1) is 0 Å². The number of fused-ring (bicyclic) bond motifs is 3. The van der Waals surface area contributed by atoms with Crippen molar-refractivity contribution in [3.05, 3.63) is 65.6 Å². The molecule has 85 valence electrons. The second-order valence-corrected chi connectivity index (χ2v) is 7.64. The molecule has 0 bridgehead atoms. The van der Waals surface area contributed by atoms with Crippen molar-refractivity contribution in [2.24, 2.45) is 0 Å². The molecule has 0 atom stereocenters. The summed E-state index contributed by atoms with van der Waals surface area (Å²) in [5.41, 5.74) is 6.80. The van der Waals surface area contributed by atoms with Gasteiger partial charge in [-0.3, -0.25) is 0 Å². The van der Waals surface area contributed by atoms with Crippen LogP contribution in [-0.4, -0.2) is 3.74 Å². The maximum Gasteiger partial charge on any atom is 0.0738 e. The standard InChI is InChI=1S/C15H11Br2/c16-15(17)9-11-5-3-7-13-12-6-2-1-4-10(12)8-14(11)13/h1-8,15H,9H2. The Hall–Kier alpha value is -0.600. The first-order chi connectivity index (χ1) is 8.25. The Balaban J connectivity index is 2.11. The van der Waals surface area contributed by atoms with Crippen LogP contribution in [0.3, 0.4) is 0 Å². The molecule has 0 N–H and O–H groups in total. The number of hydrogen-bond donors (Lipinski definition) is 0. The van der Waals surface area contributed by atoms with Crippen molar-refractivity contribution in [2.75, 3.05) is 0 Å². The predicted octanol–water partition coefficient (Wildman–Crippen LogP) is 4.93. The quantitative estimate of drug-likeness (QED) is 0.575. The van der Waals surface area contributed by atoms with E-state index < -0.39 is 0 Å². The highest BCUT2D eigenvalue weighted by atomic mass is 79.9. The van der Waals surface area contributed by atoms with Crippen LogP contribution in [0.2, 0.25) is 0 Å². The fourth-order valence-electron chi connectivity index (χ4n) is 2.39. The summed E-state index contributed by atoms with van der Waals surface area (Å²) in [7, 11) is 0. The van der Waals surface area contributed by atoms with E-state index in [0.29, 0.717) is 3.74 Å². The maximum absolute atomic E-state index is 3.56. The van der Waals surface area contributed by atoms with Crippen molar-refractivity contribution < 1.29 is 0 Å². The minimum Gasteiger partial charge on any atom is -0.0761 e. The van der Waals surface area contributed by atoms with Gasteiger partial charge in [0.2, 0.25) is 0 Å². The average Bonchev–Trinajstić information content (AvgIpc) is 2.68. The molecule has 0 aliphatic heterocycles. The summed E-state index contributed by atoms with van der Waals surface area (Å²) in [6, 6.07) is 15.1. The van der Waals surface area contributed by atoms with Crippen molar-refractivity contribution in [1.29, 1.82) is 0 Å². The Bertz CT molecular complexity index is 559. The van der Waals surface area contributed by atoms with Gasteiger partial charge in [0.1, 0.15) is 0 Å². The summed E-state index contributed by atoms with van der Waals surface area (Å²) in [6.45, 7) is 0. The molecule has 0 spiro atoms. The number of alkyl halides is 2. The van der Waals surface area contributed by atoms with Crippen LogP contribution in [-0.2, 0) is 6.42 Å². The minimum absolute atomic E-state index is 0.332. The number of hydrogen-bond acceptors (Lipinski definition) is 0. The van der Waals surface area contributed by atoms with Crippen molar-refractivity contribution in [1.82, 2.24) is 0 Å². The first kappa shape index (κ1) is 11.5. The normalized spacial score (nSPS) is 12.6. The largest absolute Gasteiger partial charge is 0.0761 e. The Morgan fingerprint density at radius 2 is 1.65 bits per heavy atom. The Kier molecular flexibility index (Phi) is 3.10. The fourth-order valence-corrected chi connectivity index (χ4v) is 3.08. The van der Waals surface area contributed by atoms with Gasteiger partial charge in [-0.05, 0) is 34.2 Å². The number of benzene rings is 2. The highest BCUT2D eigenvalue weighted by molar-refractivity contribution is 9.24. The van der Waals surface area contributed by atoms with Gasteiger partial charge in [-0.1, -0.05) is 74.3 Å². The molecule has 1 aliphatic rings. The van der Waals surface area contributed by atoms with E-state index in [0.717, 1.165) is 6.42 Å². The van der Waals surface area contributed by atoms with Crippen LogP contribution < -0.4 is 0 Å². The van der Waals surface area contributed by atoms with E-state index in [9.17, 15) is 0 Å². The van der Waals surface area contributed by atoms with Gasteiger partial charge in [0.05, 0.1) is 3.74 Å². The summed E-state index contributed by atoms with van der Waals surface area (Å²) in [6.07, 6.45) is 3.29. The number of rotatable bonds is 2. The van der Waals surface area contributed by atoms with Crippen LogP contribution in [0.15, 0.2) is 42.5 Å². The van der Waals surface area contributed by atoms with Crippen LogP contribution >= 0.6 is 31.9 Å². The highest BCUT2D eigenvalue weighted by Crippen LogP contribution is 2.40. The Labute approximate surface area is 118 Å². The van der Waals surface area contributed by atoms with Gasteiger partial charge < -0.3 is 0 Å². The van der Waals surface area contributed by atoms with Crippen LogP contribution in [0, 0.1) is 6.42 Å². The van der Waals surface area contributed by atoms with Crippen LogP contribution in [0.1, 0.15) is 16.7 Å². The SMILES string of the molecule is BrC(Br)Cc1cccc2c1[CH]c1ccccc1-2. The molecular formula is C15H11Br2. The summed E-state index contributed by atoms with van der Waals surface area (Å²) in [4.78, 5) is 0. The van der Waals surface area contributed by atoms with Crippen LogP contribution in [0.5, 0.6) is 0 Å². The zero-order valence-corrected chi connectivity index (χ0v) is 12.3. The predicted molar refractivity (Wildman–Crippen MR) is 79.7 cm³/mol. The summed E-state index contributed by atoms with van der Waals surface area (Å²) >= 11 is 7.11. The zero-order chi connectivity index (χ0) is 11.8. The molecule has 1 radical (unpaired) electrons. The molecule has 1 aliphatic carbocycles. The lowest BCUT2D eigenvalue weighted by atomic mass is 10.00. The van der Waals surface area contributed by atoms with Gasteiger partial charge in [-0.2, -0.15) is 0 Å². The third-order valence-electron chi connectivity index (χ3n) is 3.12. The highest BCUT2D eigenvalue weighted by Gasteiger charge is 2.20. The van der Waals surface area contributed by atoms with Crippen molar-refractivity contribution >= 4 is 31.9 Å². The van der Waals surface area contributed by atoms with E-state index in [2.05, 4.69) is 80.7 Å². The molecule has 0 saturated carbocycles. The van der Waals surface area contributed by atoms with Gasteiger partial charge >= 0.3 is 0 Å². The third-order valence-corrected chi connectivity index (χ3v) is 3.77. The Morgan fingerprint density at radius 1 is 0.882 bits per heavy atom. The van der Waals surface area contributed by atoms with E-state index in [1.165, 1.54) is 27.8 Å². The van der Waals surface area contributed by atoms with Gasteiger partial charge in [0.25, 0.3) is 0 Å². The fraction of sp³-hybridized carbons (Fsp3) is 0.133. The molecule has 2 heteroatoms. The smallest absolute Gasteiger partial charge is 0.0738 e.